The van der Waals surface area contributed by atoms with E-state index in [2.05, 4.69) is 31.4 Å². The maximum Gasteiger partial charge on any atom is 0.283 e. The summed E-state index contributed by atoms with van der Waals surface area (Å²) >= 11 is 21.4. The highest BCUT2D eigenvalue weighted by Crippen LogP contribution is 2.45. The number of halogens is 6. The minimum absolute atomic E-state index is 0.0532. The number of benzene rings is 1. The van der Waals surface area contributed by atoms with Gasteiger partial charge in [0, 0.05) is 12.1 Å². The lowest BCUT2D eigenvalue weighted by Crippen LogP contribution is -2.21. The average Bonchev–Trinajstić information content (AvgIpc) is 3.39. The third-order valence-electron chi connectivity index (χ3n) is 4.72. The molecule has 4 rings (SSSR count). The van der Waals surface area contributed by atoms with Gasteiger partial charge in [0.15, 0.2) is 5.82 Å². The van der Waals surface area contributed by atoms with Crippen LogP contribution in [-0.4, -0.2) is 25.5 Å². The molecule has 1 saturated carbocycles. The van der Waals surface area contributed by atoms with Crippen LogP contribution in [0, 0.1) is 0 Å². The Morgan fingerprint density at radius 1 is 1.23 bits per heavy atom. The molecule has 0 aliphatic heterocycles. The molecule has 6 nitrogen and oxygen atoms in total. The van der Waals surface area contributed by atoms with Crippen LogP contribution >= 0.6 is 50.7 Å². The van der Waals surface area contributed by atoms with Crippen LogP contribution in [0.15, 0.2) is 28.9 Å². The maximum atomic E-state index is 13.2. The van der Waals surface area contributed by atoms with E-state index < -0.39 is 18.0 Å². The first-order chi connectivity index (χ1) is 14.7. The summed E-state index contributed by atoms with van der Waals surface area (Å²) in [5, 5.41) is 11.7. The van der Waals surface area contributed by atoms with Crippen molar-refractivity contribution >= 4 is 62.5 Å². The van der Waals surface area contributed by atoms with Crippen molar-refractivity contribution in [2.75, 3.05) is 5.32 Å². The number of hydrogen-bond donors (Lipinski definition) is 1. The highest BCUT2D eigenvalue weighted by Gasteiger charge is 2.34. The summed E-state index contributed by atoms with van der Waals surface area (Å²) < 4.78 is 29.8. The number of nitrogens with zero attached hydrogens (tertiary/aromatic N) is 4. The van der Waals surface area contributed by atoms with E-state index in [-0.39, 0.29) is 17.5 Å². The second-order valence-electron chi connectivity index (χ2n) is 7.14. The Bertz CT molecular complexity index is 1150. The minimum Gasteiger partial charge on any atom is -0.307 e. The molecule has 1 fully saturated rings. The summed E-state index contributed by atoms with van der Waals surface area (Å²) in [5.74, 6) is -0.106. The SMILES string of the molecule is O=C(Cn1nc(C(F)F)c(Cl)c1C1CC1)Nc1nn(Cc2ccc(Cl)c(Cl)c2)cc1Br. The van der Waals surface area contributed by atoms with E-state index in [1.54, 1.807) is 23.0 Å². The molecule has 1 aliphatic carbocycles. The van der Waals surface area contributed by atoms with Crippen molar-refractivity contribution in [3.8, 4) is 0 Å². The quantitative estimate of drug-likeness (QED) is 0.373. The first-order valence-electron chi connectivity index (χ1n) is 9.24. The standard InChI is InChI=1S/C19H15BrCl3F2N5O/c20-11-7-29(6-9-1-4-12(21)13(22)5-9)28-19(11)26-14(31)8-30-17(10-2-3-10)15(23)16(27-30)18(24)25/h1,4-5,7,10,18H,2-3,6,8H2,(H,26,28,31). The lowest BCUT2D eigenvalue weighted by atomic mass is 10.2. The Labute approximate surface area is 199 Å². The summed E-state index contributed by atoms with van der Waals surface area (Å²) in [7, 11) is 0. The third kappa shape index (κ3) is 5.05. The van der Waals surface area contributed by atoms with Crippen LogP contribution in [0.25, 0.3) is 0 Å². The van der Waals surface area contributed by atoms with Gasteiger partial charge in [-0.25, -0.2) is 8.78 Å². The van der Waals surface area contributed by atoms with Crippen LogP contribution < -0.4 is 5.32 Å². The molecule has 3 aromatic rings. The van der Waals surface area contributed by atoms with Crippen molar-refractivity contribution in [2.45, 2.75) is 38.3 Å². The predicted molar refractivity (Wildman–Crippen MR) is 118 cm³/mol. The van der Waals surface area contributed by atoms with Crippen molar-refractivity contribution in [1.82, 2.24) is 19.6 Å². The number of rotatable bonds is 7. The topological polar surface area (TPSA) is 64.7 Å². The van der Waals surface area contributed by atoms with Gasteiger partial charge in [-0.15, -0.1) is 0 Å². The summed E-state index contributed by atoms with van der Waals surface area (Å²) in [4.78, 5) is 12.6. The Kier molecular flexibility index (Phi) is 6.57. The van der Waals surface area contributed by atoms with Crippen LogP contribution in [0.4, 0.5) is 14.6 Å². The van der Waals surface area contributed by atoms with Crippen molar-refractivity contribution in [3.05, 3.63) is 60.9 Å². The Balaban J connectivity index is 1.47. The van der Waals surface area contributed by atoms with Gasteiger partial charge in [-0.1, -0.05) is 40.9 Å². The fourth-order valence-corrected chi connectivity index (χ4v) is 4.28. The molecule has 0 radical (unpaired) electrons. The second-order valence-corrected chi connectivity index (χ2v) is 9.18. The average molecular weight is 554 g/mol. The van der Waals surface area contributed by atoms with Crippen molar-refractivity contribution in [3.63, 3.8) is 0 Å². The number of nitrogens with one attached hydrogen (secondary N) is 1. The molecule has 0 unspecified atom stereocenters. The molecule has 0 spiro atoms. The van der Waals surface area contributed by atoms with Crippen LogP contribution in [0.3, 0.4) is 0 Å². The summed E-state index contributed by atoms with van der Waals surface area (Å²) in [6.07, 6.45) is 0.564. The monoisotopic (exact) mass is 551 g/mol. The zero-order chi connectivity index (χ0) is 22.3. The molecular weight excluding hydrogens is 539 g/mol. The molecule has 1 N–H and O–H groups in total. The normalized spacial score (nSPS) is 13.8. The Hall–Kier alpha value is -1.68. The third-order valence-corrected chi connectivity index (χ3v) is 6.43. The zero-order valence-electron chi connectivity index (χ0n) is 15.8. The molecule has 0 saturated heterocycles. The van der Waals surface area contributed by atoms with Gasteiger partial charge >= 0.3 is 0 Å². The van der Waals surface area contributed by atoms with Crippen molar-refractivity contribution in [1.29, 1.82) is 0 Å². The molecule has 1 aliphatic rings. The number of hydrogen-bond acceptors (Lipinski definition) is 3. The molecule has 164 valence electrons. The summed E-state index contributed by atoms with van der Waals surface area (Å²) in [6, 6.07) is 5.25. The van der Waals surface area contributed by atoms with E-state index in [9.17, 15) is 13.6 Å². The van der Waals surface area contributed by atoms with Gasteiger partial charge in [0.05, 0.1) is 31.8 Å². The largest absolute Gasteiger partial charge is 0.307 e. The van der Waals surface area contributed by atoms with E-state index in [1.807, 2.05) is 6.07 Å². The second kappa shape index (κ2) is 9.05. The summed E-state index contributed by atoms with van der Waals surface area (Å²) in [5.41, 5.74) is 0.863. The van der Waals surface area contributed by atoms with E-state index >= 15 is 0 Å². The smallest absolute Gasteiger partial charge is 0.283 e. The van der Waals surface area contributed by atoms with Crippen molar-refractivity contribution in [2.24, 2.45) is 0 Å². The first-order valence-corrected chi connectivity index (χ1v) is 11.2. The van der Waals surface area contributed by atoms with E-state index in [4.69, 9.17) is 34.8 Å². The van der Waals surface area contributed by atoms with Gasteiger partial charge in [0.2, 0.25) is 5.91 Å². The van der Waals surface area contributed by atoms with Gasteiger partial charge in [-0.2, -0.15) is 10.2 Å². The molecule has 31 heavy (non-hydrogen) atoms. The first kappa shape index (κ1) is 22.5. The van der Waals surface area contributed by atoms with Crippen LogP contribution in [0.1, 0.15) is 42.1 Å². The lowest BCUT2D eigenvalue weighted by Gasteiger charge is -2.07. The molecule has 12 heteroatoms. The van der Waals surface area contributed by atoms with Gasteiger partial charge < -0.3 is 5.32 Å². The molecule has 0 atom stereocenters. The minimum atomic E-state index is -2.81. The van der Waals surface area contributed by atoms with Crippen LogP contribution in [0.2, 0.25) is 15.1 Å². The number of alkyl halides is 2. The van der Waals surface area contributed by atoms with Gasteiger partial charge in [-0.3, -0.25) is 14.2 Å². The fourth-order valence-electron chi connectivity index (χ4n) is 3.17. The number of aromatic nitrogens is 4. The molecule has 2 heterocycles. The van der Waals surface area contributed by atoms with Crippen LogP contribution in [-0.2, 0) is 17.9 Å². The van der Waals surface area contributed by atoms with E-state index in [1.165, 1.54) is 4.68 Å². The number of carbonyl (C=O) groups is 1. The zero-order valence-corrected chi connectivity index (χ0v) is 19.6. The fraction of sp³-hybridized carbons (Fsp3) is 0.316. The van der Waals surface area contributed by atoms with Gasteiger partial charge in [0.25, 0.3) is 6.43 Å². The summed E-state index contributed by atoms with van der Waals surface area (Å²) in [6.45, 7) is 0.161. The van der Waals surface area contributed by atoms with Crippen molar-refractivity contribution < 1.29 is 13.6 Å². The molecule has 1 aromatic carbocycles. The molecule has 2 aromatic heterocycles. The Morgan fingerprint density at radius 3 is 2.61 bits per heavy atom. The number of amides is 1. The lowest BCUT2D eigenvalue weighted by molar-refractivity contribution is -0.117. The Morgan fingerprint density at radius 2 is 1.97 bits per heavy atom. The van der Waals surface area contributed by atoms with E-state index in [0.29, 0.717) is 32.6 Å². The predicted octanol–water partition coefficient (Wildman–Crippen LogP) is 6.30. The molecular formula is C19H15BrCl3F2N5O. The molecule has 1 amide bonds. The van der Waals surface area contributed by atoms with Gasteiger partial charge in [0.1, 0.15) is 12.2 Å². The van der Waals surface area contributed by atoms with Gasteiger partial charge in [-0.05, 0) is 46.5 Å². The number of carbonyl (C=O) groups excluding carboxylic acids is 1. The van der Waals surface area contributed by atoms with Crippen LogP contribution in [0.5, 0.6) is 0 Å². The maximum absolute atomic E-state index is 13.2. The van der Waals surface area contributed by atoms with E-state index in [0.717, 1.165) is 18.4 Å². The highest BCUT2D eigenvalue weighted by molar-refractivity contribution is 9.10. The number of anilines is 1. The highest BCUT2D eigenvalue weighted by atomic mass is 79.9. The molecule has 0 bridgehead atoms.